The molecule has 0 spiro atoms. The summed E-state index contributed by atoms with van der Waals surface area (Å²) in [6.45, 7) is 4.96. The lowest BCUT2D eigenvalue weighted by Crippen LogP contribution is -2.51. The number of hydrogen-bond donors (Lipinski definition) is 3. The fourth-order valence-electron chi connectivity index (χ4n) is 2.06. The molecule has 0 unspecified atom stereocenters. The van der Waals surface area contributed by atoms with Crippen LogP contribution in [0.3, 0.4) is 0 Å². The number of hydrogen-bond acceptors (Lipinski definition) is 3. The molecule has 0 aromatic rings. The summed E-state index contributed by atoms with van der Waals surface area (Å²) in [5.41, 5.74) is 0. The molecule has 0 bridgehead atoms. The highest BCUT2D eigenvalue weighted by Gasteiger charge is 2.27. The summed E-state index contributed by atoms with van der Waals surface area (Å²) in [6.07, 6.45) is 2.54. The van der Waals surface area contributed by atoms with Crippen molar-refractivity contribution >= 4 is 11.8 Å². The maximum absolute atomic E-state index is 11.9. The molecule has 5 heteroatoms. The van der Waals surface area contributed by atoms with Crippen molar-refractivity contribution in [2.45, 2.75) is 45.2 Å². The highest BCUT2D eigenvalue weighted by atomic mass is 16.2. The second-order valence-electron chi connectivity index (χ2n) is 4.95. The molecule has 0 aromatic carbocycles. The van der Waals surface area contributed by atoms with Gasteiger partial charge in [0.25, 0.3) is 0 Å². The molecule has 2 atom stereocenters. The second kappa shape index (κ2) is 6.59. The van der Waals surface area contributed by atoms with Crippen molar-refractivity contribution in [2.24, 2.45) is 5.92 Å². The second-order valence-corrected chi connectivity index (χ2v) is 4.95. The summed E-state index contributed by atoms with van der Waals surface area (Å²) in [5, 5.41) is 8.55. The number of likely N-dealkylation sites (N-methyl/N-ethyl adjacent to an activating group) is 1. The van der Waals surface area contributed by atoms with Crippen molar-refractivity contribution in [3.05, 3.63) is 0 Å². The first-order chi connectivity index (χ1) is 8.04. The third-order valence-corrected chi connectivity index (χ3v) is 2.96. The molecular formula is C12H23N3O2. The van der Waals surface area contributed by atoms with E-state index < -0.39 is 6.04 Å². The third kappa shape index (κ3) is 4.34. The monoisotopic (exact) mass is 241 g/mol. The van der Waals surface area contributed by atoms with Crippen LogP contribution in [0, 0.1) is 5.92 Å². The molecule has 1 saturated heterocycles. The Hall–Kier alpha value is -1.10. The number of carbonyl (C=O) groups is 2. The zero-order valence-electron chi connectivity index (χ0n) is 10.9. The lowest BCUT2D eigenvalue weighted by atomic mass is 10.0. The van der Waals surface area contributed by atoms with Crippen molar-refractivity contribution in [3.63, 3.8) is 0 Å². The van der Waals surface area contributed by atoms with Crippen LogP contribution in [0.1, 0.15) is 33.1 Å². The van der Waals surface area contributed by atoms with Gasteiger partial charge in [-0.2, -0.15) is 0 Å². The number of amides is 2. The standard InChI is InChI=1S/C12H23N3O2/c1-8(2)7-10(11(16)13-3)15-12(17)9-5-4-6-14-9/h8-10,14H,4-7H2,1-3H3,(H,13,16)(H,15,17)/t9-,10-/m0/s1. The normalized spacial score (nSPS) is 21.3. The number of rotatable bonds is 5. The molecule has 0 saturated carbocycles. The predicted molar refractivity (Wildman–Crippen MR) is 66.5 cm³/mol. The maximum atomic E-state index is 11.9. The van der Waals surface area contributed by atoms with Crippen LogP contribution >= 0.6 is 0 Å². The Morgan fingerprint density at radius 1 is 1.41 bits per heavy atom. The highest BCUT2D eigenvalue weighted by molar-refractivity contribution is 5.89. The molecule has 2 amide bonds. The minimum atomic E-state index is -0.421. The van der Waals surface area contributed by atoms with Gasteiger partial charge in [-0.05, 0) is 31.7 Å². The van der Waals surface area contributed by atoms with Crippen LogP contribution in [-0.4, -0.2) is 37.5 Å². The molecule has 0 aliphatic carbocycles. The Morgan fingerprint density at radius 3 is 2.59 bits per heavy atom. The third-order valence-electron chi connectivity index (χ3n) is 2.96. The molecule has 1 aliphatic heterocycles. The Kier molecular flexibility index (Phi) is 5.41. The van der Waals surface area contributed by atoms with Crippen LogP contribution in [0.15, 0.2) is 0 Å². The molecule has 17 heavy (non-hydrogen) atoms. The molecule has 1 heterocycles. The Bertz CT molecular complexity index is 273. The average Bonchev–Trinajstić information content (AvgIpc) is 2.79. The summed E-state index contributed by atoms with van der Waals surface area (Å²) in [4.78, 5) is 23.6. The van der Waals surface area contributed by atoms with E-state index in [-0.39, 0.29) is 17.9 Å². The van der Waals surface area contributed by atoms with E-state index in [2.05, 4.69) is 16.0 Å². The molecule has 1 fully saturated rings. The van der Waals surface area contributed by atoms with Crippen LogP contribution < -0.4 is 16.0 Å². The maximum Gasteiger partial charge on any atom is 0.242 e. The number of carbonyl (C=O) groups excluding carboxylic acids is 2. The van der Waals surface area contributed by atoms with Crippen molar-refractivity contribution in [3.8, 4) is 0 Å². The van der Waals surface area contributed by atoms with Gasteiger partial charge in [0.2, 0.25) is 11.8 Å². The summed E-state index contributed by atoms with van der Waals surface area (Å²) < 4.78 is 0. The lowest BCUT2D eigenvalue weighted by molar-refractivity contribution is -0.130. The minimum absolute atomic E-state index is 0.0586. The van der Waals surface area contributed by atoms with Gasteiger partial charge in [0.15, 0.2) is 0 Å². The Labute approximate surface area is 103 Å². The molecule has 0 aromatic heterocycles. The fraction of sp³-hybridized carbons (Fsp3) is 0.833. The molecule has 3 N–H and O–H groups in total. The minimum Gasteiger partial charge on any atom is -0.357 e. The largest absolute Gasteiger partial charge is 0.357 e. The molecular weight excluding hydrogens is 218 g/mol. The van der Waals surface area contributed by atoms with Gasteiger partial charge in [-0.1, -0.05) is 13.8 Å². The van der Waals surface area contributed by atoms with E-state index in [0.717, 1.165) is 19.4 Å². The van der Waals surface area contributed by atoms with Crippen molar-refractivity contribution < 1.29 is 9.59 Å². The highest BCUT2D eigenvalue weighted by Crippen LogP contribution is 2.08. The SMILES string of the molecule is CNC(=O)[C@H](CC(C)C)NC(=O)[C@@H]1CCCN1. The van der Waals surface area contributed by atoms with Crippen LogP contribution in [0.2, 0.25) is 0 Å². The van der Waals surface area contributed by atoms with E-state index >= 15 is 0 Å². The van der Waals surface area contributed by atoms with Crippen molar-refractivity contribution in [2.75, 3.05) is 13.6 Å². The van der Waals surface area contributed by atoms with E-state index in [9.17, 15) is 9.59 Å². The first kappa shape index (κ1) is 14.0. The summed E-state index contributed by atoms with van der Waals surface area (Å²) in [6, 6.07) is -0.552. The quantitative estimate of drug-likeness (QED) is 0.635. The zero-order chi connectivity index (χ0) is 12.8. The van der Waals surface area contributed by atoms with Crippen molar-refractivity contribution in [1.29, 1.82) is 0 Å². The topological polar surface area (TPSA) is 70.2 Å². The van der Waals surface area contributed by atoms with Gasteiger partial charge in [-0.3, -0.25) is 9.59 Å². The smallest absolute Gasteiger partial charge is 0.242 e. The van der Waals surface area contributed by atoms with E-state index in [1.54, 1.807) is 7.05 Å². The van der Waals surface area contributed by atoms with Crippen LogP contribution in [0.25, 0.3) is 0 Å². The molecule has 1 aliphatic rings. The molecule has 0 radical (unpaired) electrons. The average molecular weight is 241 g/mol. The van der Waals surface area contributed by atoms with Gasteiger partial charge in [0.1, 0.15) is 6.04 Å². The van der Waals surface area contributed by atoms with Gasteiger partial charge in [-0.15, -0.1) is 0 Å². The lowest BCUT2D eigenvalue weighted by Gasteiger charge is -2.21. The van der Waals surface area contributed by atoms with Gasteiger partial charge in [-0.25, -0.2) is 0 Å². The van der Waals surface area contributed by atoms with E-state index in [1.165, 1.54) is 0 Å². The summed E-state index contributed by atoms with van der Waals surface area (Å²) in [7, 11) is 1.59. The van der Waals surface area contributed by atoms with Crippen LogP contribution in [0.5, 0.6) is 0 Å². The first-order valence-corrected chi connectivity index (χ1v) is 6.30. The van der Waals surface area contributed by atoms with Crippen molar-refractivity contribution in [1.82, 2.24) is 16.0 Å². The summed E-state index contributed by atoms with van der Waals surface area (Å²) in [5.74, 6) is 0.191. The van der Waals surface area contributed by atoms with Gasteiger partial charge in [0.05, 0.1) is 6.04 Å². The molecule has 5 nitrogen and oxygen atoms in total. The molecule has 1 rings (SSSR count). The van der Waals surface area contributed by atoms with E-state index in [0.29, 0.717) is 12.3 Å². The van der Waals surface area contributed by atoms with Crippen LogP contribution in [-0.2, 0) is 9.59 Å². The Balaban J connectivity index is 2.52. The van der Waals surface area contributed by atoms with Gasteiger partial charge in [0, 0.05) is 7.05 Å². The van der Waals surface area contributed by atoms with Gasteiger partial charge >= 0.3 is 0 Å². The van der Waals surface area contributed by atoms with Crippen LogP contribution in [0.4, 0.5) is 0 Å². The fourth-order valence-corrected chi connectivity index (χ4v) is 2.06. The van der Waals surface area contributed by atoms with Gasteiger partial charge < -0.3 is 16.0 Å². The zero-order valence-corrected chi connectivity index (χ0v) is 10.9. The van der Waals surface area contributed by atoms with E-state index in [4.69, 9.17) is 0 Å². The Morgan fingerprint density at radius 2 is 2.12 bits per heavy atom. The summed E-state index contributed by atoms with van der Waals surface area (Å²) >= 11 is 0. The number of nitrogens with one attached hydrogen (secondary N) is 3. The van der Waals surface area contributed by atoms with E-state index in [1.807, 2.05) is 13.8 Å². The first-order valence-electron chi connectivity index (χ1n) is 6.30. The predicted octanol–water partition coefficient (Wildman–Crippen LogP) is 0.0153. The molecule has 98 valence electrons.